The van der Waals surface area contributed by atoms with Crippen molar-refractivity contribution in [1.29, 1.82) is 0 Å². The zero-order chi connectivity index (χ0) is 14.6. The highest BCUT2D eigenvalue weighted by Crippen LogP contribution is 2.34. The average Bonchev–Trinajstić information content (AvgIpc) is 2.78. The first-order chi connectivity index (χ1) is 9.49. The summed E-state index contributed by atoms with van der Waals surface area (Å²) >= 11 is 1.61. The molecule has 0 saturated heterocycles. The third kappa shape index (κ3) is 4.43. The van der Waals surface area contributed by atoms with Gasteiger partial charge in [0.15, 0.2) is 0 Å². The summed E-state index contributed by atoms with van der Waals surface area (Å²) in [7, 11) is 0. The van der Waals surface area contributed by atoms with Gasteiger partial charge in [-0.25, -0.2) is 4.98 Å². The molecule has 1 aliphatic carbocycles. The van der Waals surface area contributed by atoms with Crippen LogP contribution in [0.15, 0.2) is 0 Å². The molecule has 3 nitrogen and oxygen atoms in total. The van der Waals surface area contributed by atoms with Crippen molar-refractivity contribution in [1.82, 2.24) is 10.3 Å². The number of fused-ring (bicyclic) bond motifs is 1. The quantitative estimate of drug-likeness (QED) is 0.819. The molecule has 114 valence electrons. The molecule has 0 amide bonds. The molecule has 1 aliphatic rings. The van der Waals surface area contributed by atoms with Gasteiger partial charge in [-0.2, -0.15) is 13.2 Å². The number of thiazole rings is 1. The first-order valence-electron chi connectivity index (χ1n) is 6.86. The summed E-state index contributed by atoms with van der Waals surface area (Å²) < 4.78 is 40.5. The Morgan fingerprint density at radius 1 is 1.45 bits per heavy atom. The molecule has 1 heterocycles. The molecule has 7 heteroatoms. The highest BCUT2D eigenvalue weighted by molar-refractivity contribution is 7.11. The smallest absolute Gasteiger partial charge is 0.372 e. The lowest BCUT2D eigenvalue weighted by molar-refractivity contribution is -0.173. The minimum absolute atomic E-state index is 0.0672. The maximum Gasteiger partial charge on any atom is 0.411 e. The Kier molecular flexibility index (Phi) is 5.40. The van der Waals surface area contributed by atoms with Crippen LogP contribution in [0.3, 0.4) is 0 Å². The van der Waals surface area contributed by atoms with Crippen LogP contribution in [0.2, 0.25) is 0 Å². The third-order valence-corrected chi connectivity index (χ3v) is 4.44. The molecule has 0 radical (unpaired) electrons. The van der Waals surface area contributed by atoms with Crippen LogP contribution in [0.1, 0.15) is 41.4 Å². The molecule has 1 aromatic rings. The maximum absolute atomic E-state index is 12.0. The maximum atomic E-state index is 12.0. The summed E-state index contributed by atoms with van der Waals surface area (Å²) in [5.41, 5.74) is 1.11. The van der Waals surface area contributed by atoms with Crippen LogP contribution < -0.4 is 5.32 Å². The van der Waals surface area contributed by atoms with E-state index in [1.54, 1.807) is 11.3 Å². The van der Waals surface area contributed by atoms with E-state index in [-0.39, 0.29) is 6.61 Å². The second-order valence-corrected chi connectivity index (χ2v) is 5.95. The Labute approximate surface area is 120 Å². The predicted octanol–water partition coefficient (Wildman–Crippen LogP) is 3.25. The van der Waals surface area contributed by atoms with Gasteiger partial charge in [-0.1, -0.05) is 6.92 Å². The van der Waals surface area contributed by atoms with Gasteiger partial charge < -0.3 is 10.1 Å². The van der Waals surface area contributed by atoms with Crippen LogP contribution in [0.5, 0.6) is 0 Å². The fraction of sp³-hybridized carbons (Fsp3) is 0.769. The summed E-state index contributed by atoms with van der Waals surface area (Å²) in [6.07, 6.45) is -0.618. The van der Waals surface area contributed by atoms with E-state index in [1.165, 1.54) is 4.88 Å². The predicted molar refractivity (Wildman–Crippen MR) is 72.0 cm³/mol. The Balaban J connectivity index is 1.88. The van der Waals surface area contributed by atoms with Gasteiger partial charge in [-0.3, -0.25) is 0 Å². The zero-order valence-corrected chi connectivity index (χ0v) is 12.2. The van der Waals surface area contributed by atoms with Gasteiger partial charge in [-0.15, -0.1) is 11.3 Å². The largest absolute Gasteiger partial charge is 0.411 e. The van der Waals surface area contributed by atoms with E-state index in [0.29, 0.717) is 12.5 Å². The van der Waals surface area contributed by atoms with E-state index < -0.39 is 12.8 Å². The molecule has 20 heavy (non-hydrogen) atoms. The molecule has 0 spiro atoms. The average molecular weight is 308 g/mol. The van der Waals surface area contributed by atoms with Crippen molar-refractivity contribution in [2.24, 2.45) is 0 Å². The monoisotopic (exact) mass is 308 g/mol. The topological polar surface area (TPSA) is 34.2 Å². The normalized spacial score (nSPS) is 19.1. The number of hydrogen-bond donors (Lipinski definition) is 1. The van der Waals surface area contributed by atoms with Crippen molar-refractivity contribution in [2.75, 3.05) is 19.8 Å². The number of rotatable bonds is 6. The number of nitrogens with zero attached hydrogens (tertiary/aromatic N) is 1. The first kappa shape index (κ1) is 15.7. The number of aryl methyl sites for hydroxylation is 1. The van der Waals surface area contributed by atoms with Crippen LogP contribution in [0, 0.1) is 0 Å². The van der Waals surface area contributed by atoms with Gasteiger partial charge in [-0.05, 0) is 25.8 Å². The van der Waals surface area contributed by atoms with Crippen molar-refractivity contribution >= 4 is 11.3 Å². The SMILES string of the molecule is CCNC1CCCc2nc(CCOCC(F)(F)F)sc21. The second kappa shape index (κ2) is 6.87. The lowest BCUT2D eigenvalue weighted by Gasteiger charge is -2.21. The first-order valence-corrected chi connectivity index (χ1v) is 7.67. The molecule has 0 fully saturated rings. The number of hydrogen-bond acceptors (Lipinski definition) is 4. The standard InChI is InChI=1S/C13H19F3N2OS/c1-2-17-9-4-3-5-10-12(9)20-11(18-10)6-7-19-8-13(14,15)16/h9,17H,2-8H2,1H3. The van der Waals surface area contributed by atoms with Crippen molar-refractivity contribution in [3.05, 3.63) is 15.6 Å². The number of ether oxygens (including phenoxy) is 1. The van der Waals surface area contributed by atoms with Crippen LogP contribution in [-0.4, -0.2) is 30.9 Å². The summed E-state index contributed by atoms with van der Waals surface area (Å²) in [6.45, 7) is 1.86. The molecule has 0 saturated carbocycles. The molecule has 1 unspecified atom stereocenters. The molecular formula is C13H19F3N2OS. The Morgan fingerprint density at radius 3 is 2.95 bits per heavy atom. The molecule has 0 bridgehead atoms. The van der Waals surface area contributed by atoms with Gasteiger partial charge in [0, 0.05) is 17.3 Å². The molecule has 1 atom stereocenters. The van der Waals surface area contributed by atoms with E-state index in [4.69, 9.17) is 0 Å². The van der Waals surface area contributed by atoms with Crippen molar-refractivity contribution in [3.63, 3.8) is 0 Å². The molecule has 2 rings (SSSR count). The zero-order valence-electron chi connectivity index (χ0n) is 11.4. The third-order valence-electron chi connectivity index (χ3n) is 3.17. The number of nitrogens with one attached hydrogen (secondary N) is 1. The van der Waals surface area contributed by atoms with Crippen LogP contribution in [-0.2, 0) is 17.6 Å². The molecule has 0 aromatic carbocycles. The number of aromatic nitrogens is 1. The van der Waals surface area contributed by atoms with Gasteiger partial charge in [0.05, 0.1) is 17.3 Å². The van der Waals surface area contributed by atoms with E-state index in [2.05, 4.69) is 22.0 Å². The van der Waals surface area contributed by atoms with E-state index >= 15 is 0 Å². The van der Waals surface area contributed by atoms with Crippen LogP contribution >= 0.6 is 11.3 Å². The highest BCUT2D eigenvalue weighted by Gasteiger charge is 2.27. The molecule has 0 aliphatic heterocycles. The minimum atomic E-state index is -4.25. The highest BCUT2D eigenvalue weighted by atomic mass is 32.1. The van der Waals surface area contributed by atoms with E-state index in [1.807, 2.05) is 0 Å². The number of alkyl halides is 3. The lowest BCUT2D eigenvalue weighted by Crippen LogP contribution is -2.23. The minimum Gasteiger partial charge on any atom is -0.372 e. The Morgan fingerprint density at radius 2 is 2.25 bits per heavy atom. The van der Waals surface area contributed by atoms with Crippen molar-refractivity contribution in [2.45, 2.75) is 44.8 Å². The van der Waals surface area contributed by atoms with Gasteiger partial charge >= 0.3 is 6.18 Å². The van der Waals surface area contributed by atoms with Crippen LogP contribution in [0.4, 0.5) is 13.2 Å². The summed E-state index contributed by atoms with van der Waals surface area (Å²) in [5, 5.41) is 4.31. The van der Waals surface area contributed by atoms with Gasteiger partial charge in [0.1, 0.15) is 6.61 Å². The second-order valence-electron chi connectivity index (χ2n) is 4.84. The Bertz CT molecular complexity index is 434. The number of halogens is 3. The fourth-order valence-corrected chi connectivity index (χ4v) is 3.57. The van der Waals surface area contributed by atoms with Crippen LogP contribution in [0.25, 0.3) is 0 Å². The van der Waals surface area contributed by atoms with Crippen molar-refractivity contribution < 1.29 is 17.9 Å². The molecule has 1 aromatic heterocycles. The van der Waals surface area contributed by atoms with Crippen molar-refractivity contribution in [3.8, 4) is 0 Å². The summed E-state index contributed by atoms with van der Waals surface area (Å²) in [5.74, 6) is 0. The lowest BCUT2D eigenvalue weighted by atomic mass is 9.98. The summed E-state index contributed by atoms with van der Waals surface area (Å²) in [4.78, 5) is 5.79. The van der Waals surface area contributed by atoms with E-state index in [0.717, 1.165) is 36.5 Å². The van der Waals surface area contributed by atoms with E-state index in [9.17, 15) is 13.2 Å². The molecule has 1 N–H and O–H groups in total. The Hall–Kier alpha value is -0.660. The molecular weight excluding hydrogens is 289 g/mol. The van der Waals surface area contributed by atoms with Gasteiger partial charge in [0.25, 0.3) is 0 Å². The summed E-state index contributed by atoms with van der Waals surface area (Å²) in [6, 6.07) is 0.353. The van der Waals surface area contributed by atoms with Gasteiger partial charge in [0.2, 0.25) is 0 Å². The fourth-order valence-electron chi connectivity index (χ4n) is 2.37.